The lowest BCUT2D eigenvalue weighted by Crippen LogP contribution is -2.07. The van der Waals surface area contributed by atoms with Crippen molar-refractivity contribution in [3.63, 3.8) is 0 Å². The van der Waals surface area contributed by atoms with Crippen LogP contribution in [0.3, 0.4) is 0 Å². The van der Waals surface area contributed by atoms with Crippen molar-refractivity contribution in [1.29, 1.82) is 0 Å². The Balaban J connectivity index is 1.92. The molecule has 1 N–H and O–H groups in total. The normalized spacial score (nSPS) is 21.9. The van der Waals surface area contributed by atoms with Crippen LogP contribution in [-0.2, 0) is 12.8 Å². The minimum Gasteiger partial charge on any atom is -0.490 e. The van der Waals surface area contributed by atoms with Crippen molar-refractivity contribution >= 4 is 5.97 Å². The van der Waals surface area contributed by atoms with Gasteiger partial charge < -0.3 is 19.1 Å². The molecular formula is C16H15NO5. The Morgan fingerprint density at radius 1 is 1.23 bits per heavy atom. The molecule has 2 unspecified atom stereocenters. The highest BCUT2D eigenvalue weighted by Gasteiger charge is 2.33. The highest BCUT2D eigenvalue weighted by molar-refractivity contribution is 5.87. The van der Waals surface area contributed by atoms with Crippen LogP contribution in [-0.4, -0.2) is 28.4 Å². The highest BCUT2D eigenvalue weighted by Crippen LogP contribution is 2.47. The van der Waals surface area contributed by atoms with Gasteiger partial charge in [-0.3, -0.25) is 0 Å². The summed E-state index contributed by atoms with van der Waals surface area (Å²) in [7, 11) is 0. The topological polar surface area (TPSA) is 81.8 Å². The number of aromatic carboxylic acids is 1. The Morgan fingerprint density at radius 3 is 2.73 bits per heavy atom. The second kappa shape index (κ2) is 4.50. The van der Waals surface area contributed by atoms with Crippen LogP contribution in [0.4, 0.5) is 0 Å². The summed E-state index contributed by atoms with van der Waals surface area (Å²) in [5.41, 5.74) is 3.36. The molecule has 6 nitrogen and oxygen atoms in total. The third kappa shape index (κ3) is 1.87. The summed E-state index contributed by atoms with van der Waals surface area (Å²) in [6, 6.07) is 3.47. The van der Waals surface area contributed by atoms with Gasteiger partial charge in [-0.2, -0.15) is 0 Å². The molecule has 0 amide bonds. The first kappa shape index (κ1) is 13.2. The van der Waals surface area contributed by atoms with Gasteiger partial charge in [-0.05, 0) is 19.9 Å². The maximum Gasteiger partial charge on any atom is 0.374 e. The van der Waals surface area contributed by atoms with E-state index < -0.39 is 5.97 Å². The molecule has 0 radical (unpaired) electrons. The van der Waals surface area contributed by atoms with Gasteiger partial charge in [-0.15, -0.1) is 0 Å². The molecule has 2 aliphatic rings. The lowest BCUT2D eigenvalue weighted by atomic mass is 9.96. The zero-order valence-electron chi connectivity index (χ0n) is 12.3. The predicted octanol–water partition coefficient (Wildman–Crippen LogP) is 2.69. The first-order valence-corrected chi connectivity index (χ1v) is 7.25. The number of carboxylic acid groups (broad SMARTS) is 1. The van der Waals surface area contributed by atoms with Crippen LogP contribution < -0.4 is 9.47 Å². The van der Waals surface area contributed by atoms with E-state index in [4.69, 9.17) is 19.1 Å². The van der Waals surface area contributed by atoms with E-state index >= 15 is 0 Å². The number of benzene rings is 1. The third-order valence-electron chi connectivity index (χ3n) is 4.05. The van der Waals surface area contributed by atoms with Gasteiger partial charge in [0.1, 0.15) is 29.4 Å². The Morgan fingerprint density at radius 2 is 2.00 bits per heavy atom. The molecule has 4 rings (SSSR count). The molecule has 22 heavy (non-hydrogen) atoms. The number of carbonyl (C=O) groups is 1. The fraction of sp³-hybridized carbons (Fsp3) is 0.375. The lowest BCUT2D eigenvalue weighted by Gasteiger charge is -2.11. The van der Waals surface area contributed by atoms with Crippen LogP contribution in [0.25, 0.3) is 11.3 Å². The maximum absolute atomic E-state index is 11.0. The summed E-state index contributed by atoms with van der Waals surface area (Å²) in [5, 5.41) is 12.9. The largest absolute Gasteiger partial charge is 0.490 e. The van der Waals surface area contributed by atoms with E-state index in [1.54, 1.807) is 0 Å². The van der Waals surface area contributed by atoms with Gasteiger partial charge in [-0.25, -0.2) is 4.79 Å². The molecule has 0 saturated carbocycles. The van der Waals surface area contributed by atoms with E-state index in [2.05, 4.69) is 5.16 Å². The quantitative estimate of drug-likeness (QED) is 0.918. The van der Waals surface area contributed by atoms with Crippen molar-refractivity contribution in [3.8, 4) is 22.8 Å². The highest BCUT2D eigenvalue weighted by atomic mass is 16.5. The van der Waals surface area contributed by atoms with Crippen LogP contribution >= 0.6 is 0 Å². The van der Waals surface area contributed by atoms with Gasteiger partial charge in [0.25, 0.3) is 0 Å². The lowest BCUT2D eigenvalue weighted by molar-refractivity contribution is 0.0652. The van der Waals surface area contributed by atoms with E-state index in [-0.39, 0.29) is 18.0 Å². The van der Waals surface area contributed by atoms with Gasteiger partial charge in [0, 0.05) is 30.0 Å². The number of nitrogens with zero attached hydrogens (tertiary/aromatic N) is 1. The standard InChI is InChI=1S/C16H15NO5/c1-7-3-9-5-12-10(4-8(2)20-12)14(15(9)21-7)11-6-13(16(18)19)22-17-11/h5-8H,3-4H2,1-2H3,(H,18,19). The summed E-state index contributed by atoms with van der Waals surface area (Å²) >= 11 is 0. The minimum absolute atomic E-state index is 0.0829. The summed E-state index contributed by atoms with van der Waals surface area (Å²) < 4.78 is 16.7. The second-order valence-electron chi connectivity index (χ2n) is 5.86. The molecule has 2 aliphatic heterocycles. The molecule has 0 bridgehead atoms. The summed E-state index contributed by atoms with van der Waals surface area (Å²) in [6.07, 6.45) is 1.71. The van der Waals surface area contributed by atoms with Crippen molar-refractivity contribution in [2.75, 3.05) is 0 Å². The first-order valence-electron chi connectivity index (χ1n) is 7.25. The number of aromatic nitrogens is 1. The fourth-order valence-electron chi connectivity index (χ4n) is 3.19. The number of rotatable bonds is 2. The van der Waals surface area contributed by atoms with Gasteiger partial charge in [0.15, 0.2) is 0 Å². The fourth-order valence-corrected chi connectivity index (χ4v) is 3.19. The van der Waals surface area contributed by atoms with E-state index in [1.165, 1.54) is 6.07 Å². The molecular weight excluding hydrogens is 286 g/mol. The number of carboxylic acids is 1. The van der Waals surface area contributed by atoms with Gasteiger partial charge in [-0.1, -0.05) is 5.16 Å². The van der Waals surface area contributed by atoms with E-state index in [1.807, 2.05) is 19.9 Å². The van der Waals surface area contributed by atoms with Crippen LogP contribution in [0.2, 0.25) is 0 Å². The van der Waals surface area contributed by atoms with Crippen molar-refractivity contribution < 1.29 is 23.9 Å². The summed E-state index contributed by atoms with van der Waals surface area (Å²) in [5.74, 6) is 0.286. The van der Waals surface area contributed by atoms with Crippen LogP contribution in [0.5, 0.6) is 11.5 Å². The molecule has 1 aromatic carbocycles. The van der Waals surface area contributed by atoms with E-state index in [0.717, 1.165) is 41.0 Å². The van der Waals surface area contributed by atoms with Gasteiger partial charge in [0.2, 0.25) is 5.76 Å². The first-order chi connectivity index (χ1) is 10.5. The zero-order valence-corrected chi connectivity index (χ0v) is 12.3. The van der Waals surface area contributed by atoms with E-state index in [9.17, 15) is 4.79 Å². The Kier molecular flexibility index (Phi) is 2.69. The molecule has 114 valence electrons. The minimum atomic E-state index is -1.14. The van der Waals surface area contributed by atoms with Crippen LogP contribution in [0.15, 0.2) is 16.7 Å². The molecule has 0 aliphatic carbocycles. The molecule has 3 heterocycles. The number of fused-ring (bicyclic) bond motifs is 2. The van der Waals surface area contributed by atoms with Crippen LogP contribution in [0.1, 0.15) is 35.5 Å². The van der Waals surface area contributed by atoms with Crippen molar-refractivity contribution in [2.24, 2.45) is 0 Å². The van der Waals surface area contributed by atoms with E-state index in [0.29, 0.717) is 5.69 Å². The Hall–Kier alpha value is -2.50. The van der Waals surface area contributed by atoms with Crippen LogP contribution in [0, 0.1) is 0 Å². The Bertz CT molecular complexity index is 743. The number of hydrogen-bond donors (Lipinski definition) is 1. The van der Waals surface area contributed by atoms with Gasteiger partial charge >= 0.3 is 5.97 Å². The Labute approximate surface area is 126 Å². The number of hydrogen-bond acceptors (Lipinski definition) is 5. The zero-order chi connectivity index (χ0) is 15.4. The molecule has 0 saturated heterocycles. The van der Waals surface area contributed by atoms with Crippen molar-refractivity contribution in [1.82, 2.24) is 5.16 Å². The smallest absolute Gasteiger partial charge is 0.374 e. The molecule has 2 aromatic rings. The average molecular weight is 301 g/mol. The van der Waals surface area contributed by atoms with Crippen molar-refractivity contribution in [2.45, 2.75) is 38.9 Å². The summed E-state index contributed by atoms with van der Waals surface area (Å²) in [4.78, 5) is 11.0. The molecule has 2 atom stereocenters. The molecule has 0 fully saturated rings. The SMILES string of the molecule is CC1Cc2c(cc3c(c2-c2cc(C(=O)O)on2)OC(C)C3)O1. The van der Waals surface area contributed by atoms with Crippen molar-refractivity contribution in [3.05, 3.63) is 29.0 Å². The monoisotopic (exact) mass is 301 g/mol. The molecule has 6 heteroatoms. The molecule has 1 aromatic heterocycles. The maximum atomic E-state index is 11.0. The molecule has 0 spiro atoms. The van der Waals surface area contributed by atoms with Gasteiger partial charge in [0.05, 0.1) is 5.56 Å². The third-order valence-corrected chi connectivity index (χ3v) is 4.05. The average Bonchev–Trinajstić information content (AvgIpc) is 3.12. The summed E-state index contributed by atoms with van der Waals surface area (Å²) in [6.45, 7) is 4.01. The second-order valence-corrected chi connectivity index (χ2v) is 5.86. The number of ether oxygens (including phenoxy) is 2. The predicted molar refractivity (Wildman–Crippen MR) is 76.5 cm³/mol.